The SMILES string of the molecule is COc1cc2c(cc1OC)[C@H]([C@H](C)NC(=O)c1cccc(Cl)c1)N(Cc1cccc(F)c1)CC2. The molecule has 3 aromatic carbocycles. The Morgan fingerprint density at radius 2 is 1.85 bits per heavy atom. The number of hydrogen-bond donors (Lipinski definition) is 1. The van der Waals surface area contributed by atoms with Gasteiger partial charge in [-0.2, -0.15) is 0 Å². The van der Waals surface area contributed by atoms with E-state index in [-0.39, 0.29) is 23.8 Å². The first-order valence-corrected chi connectivity index (χ1v) is 11.6. The van der Waals surface area contributed by atoms with Gasteiger partial charge in [-0.05, 0) is 72.5 Å². The summed E-state index contributed by atoms with van der Waals surface area (Å²) < 4.78 is 24.9. The number of hydrogen-bond acceptors (Lipinski definition) is 4. The molecule has 4 rings (SSSR count). The molecule has 1 aliphatic rings. The molecule has 0 fully saturated rings. The first kappa shape index (κ1) is 24.0. The van der Waals surface area contributed by atoms with Crippen LogP contribution in [0.25, 0.3) is 0 Å². The van der Waals surface area contributed by atoms with Crippen molar-refractivity contribution in [1.82, 2.24) is 10.2 Å². The summed E-state index contributed by atoms with van der Waals surface area (Å²) >= 11 is 6.08. The first-order valence-electron chi connectivity index (χ1n) is 11.2. The molecule has 178 valence electrons. The van der Waals surface area contributed by atoms with Gasteiger partial charge in [0.2, 0.25) is 0 Å². The molecule has 1 aliphatic heterocycles. The average molecular weight is 483 g/mol. The van der Waals surface area contributed by atoms with E-state index in [2.05, 4.69) is 10.2 Å². The molecule has 0 spiro atoms. The van der Waals surface area contributed by atoms with Crippen molar-refractivity contribution in [3.8, 4) is 11.5 Å². The average Bonchev–Trinajstić information content (AvgIpc) is 2.82. The molecule has 0 aliphatic carbocycles. The fourth-order valence-corrected chi connectivity index (χ4v) is 4.85. The van der Waals surface area contributed by atoms with Gasteiger partial charge in [0.25, 0.3) is 5.91 Å². The zero-order valence-electron chi connectivity index (χ0n) is 19.5. The number of rotatable bonds is 7. The van der Waals surface area contributed by atoms with Crippen molar-refractivity contribution in [2.75, 3.05) is 20.8 Å². The van der Waals surface area contributed by atoms with E-state index in [1.807, 2.05) is 25.1 Å². The largest absolute Gasteiger partial charge is 0.493 e. The summed E-state index contributed by atoms with van der Waals surface area (Å²) in [5.41, 5.74) is 3.57. The highest BCUT2D eigenvalue weighted by molar-refractivity contribution is 6.30. The smallest absolute Gasteiger partial charge is 0.251 e. The lowest BCUT2D eigenvalue weighted by atomic mass is 9.87. The summed E-state index contributed by atoms with van der Waals surface area (Å²) in [6, 6.07) is 17.1. The van der Waals surface area contributed by atoms with Crippen LogP contribution in [-0.2, 0) is 13.0 Å². The van der Waals surface area contributed by atoms with Crippen LogP contribution in [0, 0.1) is 5.82 Å². The molecule has 0 saturated heterocycles. The van der Waals surface area contributed by atoms with Gasteiger partial charge in [0.15, 0.2) is 11.5 Å². The zero-order chi connectivity index (χ0) is 24.2. The summed E-state index contributed by atoms with van der Waals surface area (Å²) in [5.74, 6) is 0.842. The van der Waals surface area contributed by atoms with Gasteiger partial charge < -0.3 is 14.8 Å². The third kappa shape index (κ3) is 5.18. The second-order valence-corrected chi connectivity index (χ2v) is 8.91. The minimum Gasteiger partial charge on any atom is -0.493 e. The number of carbonyl (C=O) groups excluding carboxylic acids is 1. The molecule has 5 nitrogen and oxygen atoms in total. The van der Waals surface area contributed by atoms with Crippen molar-refractivity contribution >= 4 is 17.5 Å². The Morgan fingerprint density at radius 3 is 2.56 bits per heavy atom. The molecule has 1 heterocycles. The van der Waals surface area contributed by atoms with Gasteiger partial charge in [0, 0.05) is 29.7 Å². The second kappa shape index (κ2) is 10.5. The highest BCUT2D eigenvalue weighted by Crippen LogP contribution is 2.40. The Morgan fingerprint density at radius 1 is 1.12 bits per heavy atom. The number of carbonyl (C=O) groups is 1. The third-order valence-corrected chi connectivity index (χ3v) is 6.45. The van der Waals surface area contributed by atoms with E-state index in [9.17, 15) is 9.18 Å². The van der Waals surface area contributed by atoms with Gasteiger partial charge in [-0.25, -0.2) is 4.39 Å². The van der Waals surface area contributed by atoms with Gasteiger partial charge in [-0.3, -0.25) is 9.69 Å². The fourth-order valence-electron chi connectivity index (χ4n) is 4.66. The molecule has 0 bridgehead atoms. The Balaban J connectivity index is 1.69. The van der Waals surface area contributed by atoms with E-state index in [4.69, 9.17) is 21.1 Å². The van der Waals surface area contributed by atoms with Crippen LogP contribution in [0.4, 0.5) is 4.39 Å². The minimum atomic E-state index is -0.264. The molecular weight excluding hydrogens is 455 g/mol. The lowest BCUT2D eigenvalue weighted by Gasteiger charge is -2.41. The standard InChI is InChI=1S/C27H28ClFN2O3/c1-17(30-27(32)20-7-5-8-21(28)13-20)26-23-15-25(34-3)24(33-2)14-19(23)10-11-31(26)16-18-6-4-9-22(29)12-18/h4-9,12-15,17,26H,10-11,16H2,1-3H3,(H,30,32)/t17-,26-/m0/s1. The number of methoxy groups -OCH3 is 2. The number of fused-ring (bicyclic) bond motifs is 1. The highest BCUT2D eigenvalue weighted by atomic mass is 35.5. The van der Waals surface area contributed by atoms with Crippen LogP contribution < -0.4 is 14.8 Å². The predicted molar refractivity (Wildman–Crippen MR) is 131 cm³/mol. The molecule has 7 heteroatoms. The van der Waals surface area contributed by atoms with Gasteiger partial charge in [0.1, 0.15) is 5.82 Å². The minimum absolute atomic E-state index is 0.157. The maximum Gasteiger partial charge on any atom is 0.251 e. The van der Waals surface area contributed by atoms with Crippen molar-refractivity contribution < 1.29 is 18.7 Å². The normalized spacial score (nSPS) is 16.4. The van der Waals surface area contributed by atoms with E-state index < -0.39 is 0 Å². The van der Waals surface area contributed by atoms with Crippen molar-refractivity contribution in [2.45, 2.75) is 32.0 Å². The lowest BCUT2D eigenvalue weighted by molar-refractivity contribution is 0.0877. The number of nitrogens with zero attached hydrogens (tertiary/aromatic N) is 1. The number of amides is 1. The molecular formula is C27H28ClFN2O3. The van der Waals surface area contributed by atoms with Crippen LogP contribution in [0.3, 0.4) is 0 Å². The molecule has 0 unspecified atom stereocenters. The zero-order valence-corrected chi connectivity index (χ0v) is 20.2. The molecule has 34 heavy (non-hydrogen) atoms. The lowest BCUT2D eigenvalue weighted by Crippen LogP contribution is -2.47. The summed E-state index contributed by atoms with van der Waals surface area (Å²) in [6.07, 6.45) is 0.802. The third-order valence-electron chi connectivity index (χ3n) is 6.22. The topological polar surface area (TPSA) is 50.8 Å². The first-order chi connectivity index (χ1) is 16.4. The quantitative estimate of drug-likeness (QED) is 0.489. The predicted octanol–water partition coefficient (Wildman–Crippen LogP) is 5.41. The summed E-state index contributed by atoms with van der Waals surface area (Å²) in [4.78, 5) is 15.3. The maximum atomic E-state index is 13.9. The number of benzene rings is 3. The van der Waals surface area contributed by atoms with Crippen LogP contribution in [0.1, 0.15) is 40.0 Å². The van der Waals surface area contributed by atoms with Crippen molar-refractivity contribution in [3.63, 3.8) is 0 Å². The molecule has 0 saturated carbocycles. The molecule has 2 atom stereocenters. The highest BCUT2D eigenvalue weighted by Gasteiger charge is 2.34. The molecule has 1 N–H and O–H groups in total. The van der Waals surface area contributed by atoms with Crippen LogP contribution in [-0.4, -0.2) is 37.6 Å². The van der Waals surface area contributed by atoms with Crippen LogP contribution in [0.2, 0.25) is 5.02 Å². The number of nitrogens with one attached hydrogen (secondary N) is 1. The van der Waals surface area contributed by atoms with Gasteiger partial charge >= 0.3 is 0 Å². The summed E-state index contributed by atoms with van der Waals surface area (Å²) in [5, 5.41) is 3.65. The van der Waals surface area contributed by atoms with E-state index in [1.165, 1.54) is 6.07 Å². The Hall–Kier alpha value is -3.09. The monoisotopic (exact) mass is 482 g/mol. The Kier molecular flexibility index (Phi) is 7.39. The van der Waals surface area contributed by atoms with Crippen molar-refractivity contribution in [3.05, 3.63) is 93.8 Å². The maximum absolute atomic E-state index is 13.9. The van der Waals surface area contributed by atoms with E-state index >= 15 is 0 Å². The molecule has 0 aromatic heterocycles. The fraction of sp³-hybridized carbons (Fsp3) is 0.296. The van der Waals surface area contributed by atoms with Crippen molar-refractivity contribution in [2.24, 2.45) is 0 Å². The van der Waals surface area contributed by atoms with E-state index in [1.54, 1.807) is 50.6 Å². The summed E-state index contributed by atoms with van der Waals surface area (Å²) in [6.45, 7) is 3.28. The number of ether oxygens (including phenoxy) is 2. The molecule has 1 amide bonds. The molecule has 3 aromatic rings. The second-order valence-electron chi connectivity index (χ2n) is 8.47. The van der Waals surface area contributed by atoms with Gasteiger partial charge in [-0.15, -0.1) is 0 Å². The van der Waals surface area contributed by atoms with Crippen LogP contribution in [0.15, 0.2) is 60.7 Å². The van der Waals surface area contributed by atoms with Crippen LogP contribution >= 0.6 is 11.6 Å². The Labute approximate surface area is 204 Å². The van der Waals surface area contributed by atoms with Crippen molar-refractivity contribution in [1.29, 1.82) is 0 Å². The van der Waals surface area contributed by atoms with Crippen LogP contribution in [0.5, 0.6) is 11.5 Å². The number of halogens is 2. The van der Waals surface area contributed by atoms with Gasteiger partial charge in [-0.1, -0.05) is 29.8 Å². The summed E-state index contributed by atoms with van der Waals surface area (Å²) in [7, 11) is 3.23. The van der Waals surface area contributed by atoms with E-state index in [0.29, 0.717) is 28.6 Å². The van der Waals surface area contributed by atoms with E-state index in [0.717, 1.165) is 29.7 Å². The Bertz CT molecular complexity index is 1190. The molecule has 0 radical (unpaired) electrons. The van der Waals surface area contributed by atoms with Gasteiger partial charge in [0.05, 0.1) is 20.3 Å².